The van der Waals surface area contributed by atoms with Gasteiger partial charge in [0, 0.05) is 35.2 Å². The first-order valence-corrected chi connectivity index (χ1v) is 9.83. The molecule has 5 heteroatoms. The summed E-state index contributed by atoms with van der Waals surface area (Å²) < 4.78 is 16.7. The van der Waals surface area contributed by atoms with E-state index < -0.39 is 0 Å². The third kappa shape index (κ3) is 3.00. The van der Waals surface area contributed by atoms with Gasteiger partial charge in [-0.25, -0.2) is 0 Å². The molecule has 0 saturated carbocycles. The van der Waals surface area contributed by atoms with Crippen molar-refractivity contribution in [2.45, 2.75) is 32.4 Å². The van der Waals surface area contributed by atoms with Crippen molar-refractivity contribution in [2.75, 3.05) is 27.9 Å². The molecule has 1 unspecified atom stereocenters. The largest absolute Gasteiger partial charge is 0.493 e. The zero-order chi connectivity index (χ0) is 19.7. The van der Waals surface area contributed by atoms with Gasteiger partial charge in [0.2, 0.25) is 5.75 Å². The summed E-state index contributed by atoms with van der Waals surface area (Å²) in [4.78, 5) is 6.21. The Morgan fingerprint density at radius 1 is 1.00 bits per heavy atom. The molecule has 4 rings (SSSR count). The van der Waals surface area contributed by atoms with Crippen molar-refractivity contribution in [3.8, 4) is 17.2 Å². The average molecular weight is 380 g/mol. The summed E-state index contributed by atoms with van der Waals surface area (Å²) >= 11 is 0. The summed E-state index contributed by atoms with van der Waals surface area (Å²) in [6.07, 6.45) is 2.10. The third-order valence-corrected chi connectivity index (χ3v) is 5.82. The fourth-order valence-electron chi connectivity index (χ4n) is 4.53. The molecule has 0 aliphatic carbocycles. The van der Waals surface area contributed by atoms with Crippen molar-refractivity contribution in [1.29, 1.82) is 0 Å². The molecule has 0 saturated heterocycles. The highest BCUT2D eigenvalue weighted by Crippen LogP contribution is 2.42. The molecule has 2 heterocycles. The van der Waals surface area contributed by atoms with Crippen LogP contribution >= 0.6 is 0 Å². The van der Waals surface area contributed by atoms with E-state index in [4.69, 9.17) is 14.2 Å². The lowest BCUT2D eigenvalue weighted by atomic mass is 9.95. The molecule has 28 heavy (non-hydrogen) atoms. The molecule has 0 spiro atoms. The maximum absolute atomic E-state index is 5.70. The van der Waals surface area contributed by atoms with Gasteiger partial charge in [0.15, 0.2) is 11.5 Å². The standard InChI is InChI=1S/C23H28N2O3/c1-5-19-21-17(16-8-6-7-9-18(16)24-21)12-13-25(19)14-15-10-11-20(26-2)23(28-4)22(15)27-3/h6-11,19,24H,5,12-14H2,1-4H3. The van der Waals surface area contributed by atoms with Crippen LogP contribution in [0.5, 0.6) is 17.2 Å². The van der Waals surface area contributed by atoms with Crippen molar-refractivity contribution in [3.63, 3.8) is 0 Å². The molecule has 0 radical (unpaired) electrons. The van der Waals surface area contributed by atoms with Crippen molar-refractivity contribution >= 4 is 10.9 Å². The van der Waals surface area contributed by atoms with Crippen LogP contribution in [0.25, 0.3) is 10.9 Å². The Hall–Kier alpha value is -2.66. The highest BCUT2D eigenvalue weighted by Gasteiger charge is 2.30. The SMILES string of the molecule is CCC1c2[nH]c3ccccc3c2CCN1Cc1ccc(OC)c(OC)c1OC. The highest BCUT2D eigenvalue weighted by atomic mass is 16.5. The smallest absolute Gasteiger partial charge is 0.203 e. The number of H-pyrrole nitrogens is 1. The first-order valence-electron chi connectivity index (χ1n) is 9.83. The predicted octanol–water partition coefficient (Wildman–Crippen LogP) is 4.70. The second kappa shape index (κ2) is 7.76. The lowest BCUT2D eigenvalue weighted by Gasteiger charge is -2.35. The minimum Gasteiger partial charge on any atom is -0.493 e. The number of fused-ring (bicyclic) bond motifs is 3. The zero-order valence-electron chi connectivity index (χ0n) is 17.0. The van der Waals surface area contributed by atoms with Crippen LogP contribution in [0.3, 0.4) is 0 Å². The number of ether oxygens (including phenoxy) is 3. The Bertz CT molecular complexity index is 979. The highest BCUT2D eigenvalue weighted by molar-refractivity contribution is 5.85. The molecule has 1 atom stereocenters. The van der Waals surface area contributed by atoms with Gasteiger partial charge in [0.05, 0.1) is 27.4 Å². The van der Waals surface area contributed by atoms with E-state index in [1.54, 1.807) is 21.3 Å². The van der Waals surface area contributed by atoms with Crippen LogP contribution in [0, 0.1) is 0 Å². The van der Waals surface area contributed by atoms with E-state index in [2.05, 4.69) is 47.1 Å². The normalized spacial score (nSPS) is 16.8. The summed E-state index contributed by atoms with van der Waals surface area (Å²) in [6.45, 7) is 4.08. The molecular formula is C23H28N2O3. The fraction of sp³-hybridized carbons (Fsp3) is 0.391. The summed E-state index contributed by atoms with van der Waals surface area (Å²) in [6, 6.07) is 13.0. The average Bonchev–Trinajstić information content (AvgIpc) is 3.11. The lowest BCUT2D eigenvalue weighted by molar-refractivity contribution is 0.166. The van der Waals surface area contributed by atoms with Crippen LogP contribution in [0.2, 0.25) is 0 Å². The minimum atomic E-state index is 0.356. The quantitative estimate of drug-likeness (QED) is 0.673. The van der Waals surface area contributed by atoms with Gasteiger partial charge in [0.1, 0.15) is 0 Å². The van der Waals surface area contributed by atoms with Gasteiger partial charge in [-0.2, -0.15) is 0 Å². The Morgan fingerprint density at radius 3 is 2.50 bits per heavy atom. The van der Waals surface area contributed by atoms with E-state index in [0.29, 0.717) is 17.5 Å². The van der Waals surface area contributed by atoms with E-state index in [1.807, 2.05) is 6.07 Å². The molecule has 0 amide bonds. The number of para-hydroxylation sites is 1. The number of methoxy groups -OCH3 is 3. The Kier molecular flexibility index (Phi) is 5.18. The number of aromatic nitrogens is 1. The van der Waals surface area contributed by atoms with E-state index >= 15 is 0 Å². The summed E-state index contributed by atoms with van der Waals surface area (Å²) in [5.41, 5.74) is 5.17. The Labute approximate surface area is 166 Å². The van der Waals surface area contributed by atoms with Crippen molar-refractivity contribution in [1.82, 2.24) is 9.88 Å². The number of aromatic amines is 1. The van der Waals surface area contributed by atoms with Gasteiger partial charge in [-0.3, -0.25) is 4.90 Å². The first kappa shape index (κ1) is 18.7. The minimum absolute atomic E-state index is 0.356. The zero-order valence-corrected chi connectivity index (χ0v) is 17.0. The van der Waals surface area contributed by atoms with Crippen LogP contribution in [-0.4, -0.2) is 37.8 Å². The van der Waals surface area contributed by atoms with Crippen molar-refractivity contribution in [3.05, 3.63) is 53.2 Å². The van der Waals surface area contributed by atoms with E-state index in [1.165, 1.54) is 22.2 Å². The Morgan fingerprint density at radius 2 is 1.79 bits per heavy atom. The van der Waals surface area contributed by atoms with Gasteiger partial charge in [-0.1, -0.05) is 31.2 Å². The van der Waals surface area contributed by atoms with E-state index in [0.717, 1.165) is 37.2 Å². The van der Waals surface area contributed by atoms with Gasteiger partial charge in [-0.05, 0) is 30.5 Å². The van der Waals surface area contributed by atoms with Crippen LogP contribution in [0.15, 0.2) is 36.4 Å². The van der Waals surface area contributed by atoms with E-state index in [9.17, 15) is 0 Å². The van der Waals surface area contributed by atoms with Crippen molar-refractivity contribution in [2.24, 2.45) is 0 Å². The molecule has 1 aliphatic rings. The first-order chi connectivity index (χ1) is 13.7. The lowest BCUT2D eigenvalue weighted by Crippen LogP contribution is -2.34. The summed E-state index contributed by atoms with van der Waals surface area (Å²) in [7, 11) is 4.98. The number of rotatable bonds is 6. The van der Waals surface area contributed by atoms with Crippen LogP contribution < -0.4 is 14.2 Å². The molecule has 0 fully saturated rings. The number of nitrogens with zero attached hydrogens (tertiary/aromatic N) is 1. The number of hydrogen-bond donors (Lipinski definition) is 1. The van der Waals surface area contributed by atoms with Gasteiger partial charge >= 0.3 is 0 Å². The molecule has 1 aromatic heterocycles. The van der Waals surface area contributed by atoms with Crippen LogP contribution in [0.1, 0.15) is 36.2 Å². The fourth-order valence-corrected chi connectivity index (χ4v) is 4.53. The number of nitrogens with one attached hydrogen (secondary N) is 1. The summed E-state index contributed by atoms with van der Waals surface area (Å²) in [5, 5.41) is 1.36. The van der Waals surface area contributed by atoms with Crippen LogP contribution in [-0.2, 0) is 13.0 Å². The molecule has 1 aliphatic heterocycles. The molecule has 0 bridgehead atoms. The molecule has 5 nitrogen and oxygen atoms in total. The number of hydrogen-bond acceptors (Lipinski definition) is 4. The van der Waals surface area contributed by atoms with E-state index in [-0.39, 0.29) is 0 Å². The van der Waals surface area contributed by atoms with Crippen LogP contribution in [0.4, 0.5) is 0 Å². The topological polar surface area (TPSA) is 46.7 Å². The molecule has 1 N–H and O–H groups in total. The van der Waals surface area contributed by atoms with Crippen molar-refractivity contribution < 1.29 is 14.2 Å². The Balaban J connectivity index is 1.69. The second-order valence-corrected chi connectivity index (χ2v) is 7.20. The van der Waals surface area contributed by atoms with Gasteiger partial charge < -0.3 is 19.2 Å². The molecule has 2 aromatic carbocycles. The third-order valence-electron chi connectivity index (χ3n) is 5.82. The second-order valence-electron chi connectivity index (χ2n) is 7.20. The van der Waals surface area contributed by atoms with Gasteiger partial charge in [0.25, 0.3) is 0 Å². The molecule has 148 valence electrons. The van der Waals surface area contributed by atoms with Gasteiger partial charge in [-0.15, -0.1) is 0 Å². The number of benzene rings is 2. The maximum atomic E-state index is 5.70. The summed E-state index contributed by atoms with van der Waals surface area (Å²) in [5.74, 6) is 2.09. The monoisotopic (exact) mass is 380 g/mol. The maximum Gasteiger partial charge on any atom is 0.203 e. The molecule has 3 aromatic rings. The predicted molar refractivity (Wildman–Crippen MR) is 112 cm³/mol. The molecular weight excluding hydrogens is 352 g/mol.